The molecule has 0 fully saturated rings. The van der Waals surface area contributed by atoms with Gasteiger partial charge in [-0.1, -0.05) is 11.6 Å². The predicted molar refractivity (Wildman–Crippen MR) is 61.6 cm³/mol. The number of hydrogen-bond donors (Lipinski definition) is 1. The molecule has 2 nitrogen and oxygen atoms in total. The van der Waals surface area contributed by atoms with E-state index in [2.05, 4.69) is 15.9 Å². The summed E-state index contributed by atoms with van der Waals surface area (Å²) in [6.07, 6.45) is -6.72. The van der Waals surface area contributed by atoms with Crippen LogP contribution in [0.2, 0.25) is 5.02 Å². The third kappa shape index (κ3) is 2.89. The summed E-state index contributed by atoms with van der Waals surface area (Å²) in [5.41, 5.74) is -0.512. The van der Waals surface area contributed by atoms with Gasteiger partial charge in [-0.2, -0.15) is 8.78 Å². The van der Waals surface area contributed by atoms with Crippen molar-refractivity contribution in [1.29, 1.82) is 0 Å². The molecular weight excluding hydrogens is 343 g/mol. The molecule has 1 rings (SSSR count). The maximum atomic E-state index is 13.1. The van der Waals surface area contributed by atoms with Gasteiger partial charge in [0.2, 0.25) is 0 Å². The van der Waals surface area contributed by atoms with Crippen LogP contribution in [0.4, 0.5) is 17.6 Å². The Balaban J connectivity index is 3.32. The highest BCUT2D eigenvalue weighted by Gasteiger charge is 2.50. The SMILES string of the molecule is COc1c(Br)cc(Cl)cc1C(O)C(F)(F)C(F)F. The van der Waals surface area contributed by atoms with Crippen molar-refractivity contribution in [2.45, 2.75) is 18.5 Å². The van der Waals surface area contributed by atoms with E-state index < -0.39 is 24.0 Å². The monoisotopic (exact) mass is 350 g/mol. The van der Waals surface area contributed by atoms with Gasteiger partial charge in [0, 0.05) is 10.6 Å². The molecule has 1 N–H and O–H groups in total. The van der Waals surface area contributed by atoms with Crippen LogP contribution in [0.15, 0.2) is 16.6 Å². The van der Waals surface area contributed by atoms with E-state index in [9.17, 15) is 22.7 Å². The summed E-state index contributed by atoms with van der Waals surface area (Å²) >= 11 is 8.60. The second-order valence-corrected chi connectivity index (χ2v) is 4.68. The van der Waals surface area contributed by atoms with Crippen molar-refractivity contribution in [3.05, 3.63) is 27.2 Å². The summed E-state index contributed by atoms with van der Waals surface area (Å²) < 4.78 is 55.5. The Hall–Kier alpha value is -0.530. The molecule has 0 aromatic heterocycles. The molecule has 0 heterocycles. The molecule has 0 amide bonds. The van der Waals surface area contributed by atoms with Gasteiger partial charge in [0.25, 0.3) is 0 Å². The normalized spacial score (nSPS) is 13.8. The van der Waals surface area contributed by atoms with Gasteiger partial charge in [-0.25, -0.2) is 8.78 Å². The van der Waals surface area contributed by atoms with Crippen LogP contribution in [-0.2, 0) is 0 Å². The predicted octanol–water partition coefficient (Wildman–Crippen LogP) is 4.04. The highest BCUT2D eigenvalue weighted by atomic mass is 79.9. The van der Waals surface area contributed by atoms with Crippen LogP contribution in [0.1, 0.15) is 11.7 Å². The quantitative estimate of drug-likeness (QED) is 0.830. The molecule has 102 valence electrons. The summed E-state index contributed by atoms with van der Waals surface area (Å²) in [6.45, 7) is 0. The van der Waals surface area contributed by atoms with Crippen LogP contribution in [-0.4, -0.2) is 24.6 Å². The molecule has 0 saturated heterocycles. The number of ether oxygens (including phenoxy) is 1. The van der Waals surface area contributed by atoms with Crippen molar-refractivity contribution in [2.75, 3.05) is 7.11 Å². The highest BCUT2D eigenvalue weighted by Crippen LogP contribution is 2.43. The van der Waals surface area contributed by atoms with Crippen molar-refractivity contribution >= 4 is 27.5 Å². The second-order valence-electron chi connectivity index (χ2n) is 3.39. The van der Waals surface area contributed by atoms with Gasteiger partial charge in [0.1, 0.15) is 5.75 Å². The molecule has 0 saturated carbocycles. The van der Waals surface area contributed by atoms with Gasteiger partial charge in [-0.05, 0) is 28.1 Å². The Morgan fingerprint density at radius 1 is 1.39 bits per heavy atom. The fourth-order valence-corrected chi connectivity index (χ4v) is 2.32. The minimum Gasteiger partial charge on any atom is -0.495 e. The number of rotatable bonds is 4. The Morgan fingerprint density at radius 2 is 1.94 bits per heavy atom. The highest BCUT2D eigenvalue weighted by molar-refractivity contribution is 9.10. The number of aliphatic hydroxyl groups is 1. The molecule has 0 spiro atoms. The van der Waals surface area contributed by atoms with Gasteiger partial charge in [0.15, 0.2) is 6.10 Å². The van der Waals surface area contributed by atoms with Gasteiger partial charge in [0.05, 0.1) is 11.6 Å². The first kappa shape index (κ1) is 15.5. The fourth-order valence-electron chi connectivity index (χ4n) is 1.33. The number of halogens is 6. The first-order chi connectivity index (χ1) is 8.21. The Kier molecular flexibility index (Phi) is 4.85. The van der Waals surface area contributed by atoms with E-state index >= 15 is 0 Å². The largest absolute Gasteiger partial charge is 0.495 e. The summed E-state index contributed by atoms with van der Waals surface area (Å²) in [5.74, 6) is -4.77. The van der Waals surface area contributed by atoms with Crippen molar-refractivity contribution in [3.63, 3.8) is 0 Å². The molecule has 0 bridgehead atoms. The van der Waals surface area contributed by atoms with Crippen molar-refractivity contribution in [2.24, 2.45) is 0 Å². The maximum Gasteiger partial charge on any atom is 0.336 e. The zero-order chi connectivity index (χ0) is 14.1. The molecule has 0 radical (unpaired) electrons. The van der Waals surface area contributed by atoms with Crippen molar-refractivity contribution in [3.8, 4) is 5.75 Å². The number of benzene rings is 1. The molecule has 0 aliphatic carbocycles. The number of methoxy groups -OCH3 is 1. The van der Waals surface area contributed by atoms with E-state index in [0.29, 0.717) is 0 Å². The van der Waals surface area contributed by atoms with Crippen LogP contribution in [0, 0.1) is 0 Å². The maximum absolute atomic E-state index is 13.1. The van der Waals surface area contributed by atoms with Crippen LogP contribution in [0.5, 0.6) is 5.75 Å². The first-order valence-corrected chi connectivity index (χ1v) is 5.75. The minimum absolute atomic E-state index is 0.00166. The lowest BCUT2D eigenvalue weighted by molar-refractivity contribution is -0.194. The minimum atomic E-state index is -4.60. The molecule has 0 aliphatic heterocycles. The summed E-state index contributed by atoms with van der Waals surface area (Å²) in [5, 5.41) is 9.39. The van der Waals surface area contributed by atoms with Gasteiger partial charge in [-0.3, -0.25) is 0 Å². The third-order valence-electron chi connectivity index (χ3n) is 2.19. The average Bonchev–Trinajstić information content (AvgIpc) is 2.26. The Morgan fingerprint density at radius 3 is 2.39 bits per heavy atom. The van der Waals surface area contributed by atoms with E-state index in [1.807, 2.05) is 0 Å². The van der Waals surface area contributed by atoms with E-state index in [-0.39, 0.29) is 15.2 Å². The van der Waals surface area contributed by atoms with E-state index in [0.717, 1.165) is 13.2 Å². The van der Waals surface area contributed by atoms with E-state index in [4.69, 9.17) is 16.3 Å². The lowest BCUT2D eigenvalue weighted by Crippen LogP contribution is -2.34. The van der Waals surface area contributed by atoms with Crippen molar-refractivity contribution in [1.82, 2.24) is 0 Å². The molecular formula is C10H8BrClF4O2. The zero-order valence-corrected chi connectivity index (χ0v) is 11.3. The molecule has 1 aromatic carbocycles. The molecule has 1 aromatic rings. The average molecular weight is 352 g/mol. The lowest BCUT2D eigenvalue weighted by Gasteiger charge is -2.24. The van der Waals surface area contributed by atoms with E-state index in [1.165, 1.54) is 6.07 Å². The molecule has 1 unspecified atom stereocenters. The third-order valence-corrected chi connectivity index (χ3v) is 3.00. The van der Waals surface area contributed by atoms with Crippen molar-refractivity contribution < 1.29 is 27.4 Å². The summed E-state index contributed by atoms with van der Waals surface area (Å²) in [4.78, 5) is 0. The van der Waals surface area contributed by atoms with Crippen LogP contribution < -0.4 is 4.74 Å². The zero-order valence-electron chi connectivity index (χ0n) is 8.93. The molecule has 1 atom stereocenters. The van der Waals surface area contributed by atoms with E-state index in [1.54, 1.807) is 0 Å². The molecule has 0 aliphatic rings. The summed E-state index contributed by atoms with van der Waals surface area (Å²) in [6, 6.07) is 2.28. The first-order valence-electron chi connectivity index (χ1n) is 4.58. The van der Waals surface area contributed by atoms with Gasteiger partial charge in [-0.15, -0.1) is 0 Å². The smallest absolute Gasteiger partial charge is 0.336 e. The fraction of sp³-hybridized carbons (Fsp3) is 0.400. The number of hydrogen-bond acceptors (Lipinski definition) is 2. The van der Waals surface area contributed by atoms with Gasteiger partial charge < -0.3 is 9.84 Å². The van der Waals surface area contributed by atoms with Crippen LogP contribution in [0.25, 0.3) is 0 Å². The van der Waals surface area contributed by atoms with Crippen LogP contribution in [0.3, 0.4) is 0 Å². The standard InChI is InChI=1S/C10H8BrClF4O2/c1-18-7-5(2-4(12)3-6(7)11)8(17)10(15,16)9(13)14/h2-3,8-9,17H,1H3. The van der Waals surface area contributed by atoms with Gasteiger partial charge >= 0.3 is 12.3 Å². The second kappa shape index (κ2) is 5.63. The Labute approximate surface area is 114 Å². The number of aliphatic hydroxyl groups excluding tert-OH is 1. The lowest BCUT2D eigenvalue weighted by atomic mass is 10.0. The number of alkyl halides is 4. The van der Waals surface area contributed by atoms with Crippen LogP contribution >= 0.6 is 27.5 Å². The molecule has 8 heteroatoms. The topological polar surface area (TPSA) is 29.5 Å². The summed E-state index contributed by atoms with van der Waals surface area (Å²) in [7, 11) is 1.16. The molecule has 18 heavy (non-hydrogen) atoms. The Bertz CT molecular complexity index is 442.